The lowest BCUT2D eigenvalue weighted by molar-refractivity contribution is -0.121. The van der Waals surface area contributed by atoms with E-state index in [4.69, 9.17) is 0 Å². The first kappa shape index (κ1) is 19.3. The van der Waals surface area contributed by atoms with Crippen molar-refractivity contribution in [3.8, 4) is 0 Å². The minimum atomic E-state index is -0.517. The third-order valence-electron chi connectivity index (χ3n) is 4.72. The minimum Gasteiger partial charge on any atom is -0.353 e. The summed E-state index contributed by atoms with van der Waals surface area (Å²) in [4.78, 5) is 56.9. The van der Waals surface area contributed by atoms with Crippen molar-refractivity contribution in [1.82, 2.24) is 33.6 Å². The molecule has 0 aliphatic heterocycles. The quantitative estimate of drug-likeness (QED) is 0.563. The van der Waals surface area contributed by atoms with Gasteiger partial charge >= 0.3 is 5.69 Å². The first-order valence-electron chi connectivity index (χ1n) is 8.62. The maximum atomic E-state index is 12.4. The van der Waals surface area contributed by atoms with Crippen molar-refractivity contribution in [3.63, 3.8) is 0 Å². The van der Waals surface area contributed by atoms with Gasteiger partial charge in [0.2, 0.25) is 5.91 Å². The summed E-state index contributed by atoms with van der Waals surface area (Å²) >= 11 is 0. The van der Waals surface area contributed by atoms with E-state index in [1.807, 2.05) is 0 Å². The lowest BCUT2D eigenvalue weighted by Crippen LogP contribution is -2.38. The molecule has 0 saturated heterocycles. The Balaban J connectivity index is 1.73. The van der Waals surface area contributed by atoms with E-state index in [9.17, 15) is 19.2 Å². The number of nitrogens with one attached hydrogen (secondary N) is 1. The Morgan fingerprint density at radius 3 is 2.39 bits per heavy atom. The van der Waals surface area contributed by atoms with Gasteiger partial charge in [-0.3, -0.25) is 28.1 Å². The SMILES string of the molecule is Cc1ncn(CCNC(=O)Cn2cnc3c2c(=O)n(C)c(=O)n3C)c(=O)c1C. The summed E-state index contributed by atoms with van der Waals surface area (Å²) in [5.74, 6) is -0.347. The summed E-state index contributed by atoms with van der Waals surface area (Å²) in [6, 6.07) is 0. The molecule has 0 atom stereocenters. The van der Waals surface area contributed by atoms with Crippen molar-refractivity contribution < 1.29 is 4.79 Å². The fourth-order valence-electron chi connectivity index (χ4n) is 2.88. The number of hydrogen-bond acceptors (Lipinski definition) is 6. The summed E-state index contributed by atoms with van der Waals surface area (Å²) in [6.07, 6.45) is 2.80. The number of aromatic nitrogens is 6. The first-order valence-corrected chi connectivity index (χ1v) is 8.62. The fourth-order valence-corrected chi connectivity index (χ4v) is 2.88. The van der Waals surface area contributed by atoms with E-state index in [1.165, 1.54) is 40.5 Å². The van der Waals surface area contributed by atoms with Gasteiger partial charge in [-0.05, 0) is 13.8 Å². The second kappa shape index (κ2) is 7.25. The van der Waals surface area contributed by atoms with E-state index in [0.717, 1.165) is 4.57 Å². The average Bonchev–Trinajstić information content (AvgIpc) is 3.08. The number of amides is 1. The van der Waals surface area contributed by atoms with Crippen LogP contribution in [-0.4, -0.2) is 40.7 Å². The van der Waals surface area contributed by atoms with Crippen LogP contribution in [0.15, 0.2) is 27.0 Å². The second-order valence-corrected chi connectivity index (χ2v) is 6.55. The summed E-state index contributed by atoms with van der Waals surface area (Å²) in [6.45, 7) is 3.84. The number of aryl methyl sites for hydroxylation is 2. The highest BCUT2D eigenvalue weighted by molar-refractivity contribution is 5.78. The molecular weight excluding hydrogens is 366 g/mol. The molecule has 0 unspecified atom stereocenters. The summed E-state index contributed by atoms with van der Waals surface area (Å²) in [5.41, 5.74) is 0.485. The van der Waals surface area contributed by atoms with Gasteiger partial charge in [0.25, 0.3) is 11.1 Å². The lowest BCUT2D eigenvalue weighted by Gasteiger charge is -2.10. The molecule has 148 valence electrons. The van der Waals surface area contributed by atoms with Gasteiger partial charge in [-0.25, -0.2) is 14.8 Å². The minimum absolute atomic E-state index is 0.135. The van der Waals surface area contributed by atoms with Crippen LogP contribution in [0.25, 0.3) is 11.2 Å². The lowest BCUT2D eigenvalue weighted by atomic mass is 10.3. The van der Waals surface area contributed by atoms with Crippen molar-refractivity contribution in [3.05, 3.63) is 55.1 Å². The van der Waals surface area contributed by atoms with Crippen LogP contribution in [0.4, 0.5) is 0 Å². The van der Waals surface area contributed by atoms with Crippen LogP contribution in [-0.2, 0) is 32.0 Å². The predicted octanol–water partition coefficient (Wildman–Crippen LogP) is -1.58. The molecule has 28 heavy (non-hydrogen) atoms. The fraction of sp³-hybridized carbons (Fsp3) is 0.412. The third kappa shape index (κ3) is 3.26. The Morgan fingerprint density at radius 2 is 1.68 bits per heavy atom. The van der Waals surface area contributed by atoms with Gasteiger partial charge in [-0.1, -0.05) is 0 Å². The largest absolute Gasteiger partial charge is 0.353 e. The molecule has 0 saturated carbocycles. The molecule has 0 aromatic carbocycles. The van der Waals surface area contributed by atoms with Gasteiger partial charge in [-0.2, -0.15) is 0 Å². The van der Waals surface area contributed by atoms with Gasteiger partial charge in [0.05, 0.1) is 12.7 Å². The monoisotopic (exact) mass is 387 g/mol. The van der Waals surface area contributed by atoms with Crippen LogP contribution < -0.4 is 22.1 Å². The van der Waals surface area contributed by atoms with Gasteiger partial charge in [0.1, 0.15) is 6.54 Å². The zero-order valence-electron chi connectivity index (χ0n) is 16.1. The highest BCUT2D eigenvalue weighted by Crippen LogP contribution is 2.05. The number of carbonyl (C=O) groups excluding carboxylic acids is 1. The van der Waals surface area contributed by atoms with Crippen LogP contribution in [0, 0.1) is 13.8 Å². The number of hydrogen-bond donors (Lipinski definition) is 1. The topological polar surface area (TPSA) is 126 Å². The van der Waals surface area contributed by atoms with Crippen LogP contribution in [0.3, 0.4) is 0 Å². The maximum absolute atomic E-state index is 12.4. The van der Waals surface area contributed by atoms with Gasteiger partial charge in [0, 0.05) is 38.4 Å². The summed E-state index contributed by atoms with van der Waals surface area (Å²) < 4.78 is 5.05. The van der Waals surface area contributed by atoms with E-state index in [1.54, 1.807) is 13.8 Å². The molecule has 3 rings (SSSR count). The molecule has 3 heterocycles. The van der Waals surface area contributed by atoms with Crippen molar-refractivity contribution in [2.45, 2.75) is 26.9 Å². The van der Waals surface area contributed by atoms with Crippen molar-refractivity contribution >= 4 is 17.1 Å². The zero-order valence-corrected chi connectivity index (χ0v) is 16.1. The number of rotatable bonds is 5. The van der Waals surface area contributed by atoms with Crippen molar-refractivity contribution in [2.75, 3.05) is 6.54 Å². The third-order valence-corrected chi connectivity index (χ3v) is 4.72. The molecule has 0 radical (unpaired) electrons. The molecule has 0 aliphatic rings. The number of carbonyl (C=O) groups is 1. The van der Waals surface area contributed by atoms with Crippen molar-refractivity contribution in [2.24, 2.45) is 14.1 Å². The molecule has 0 aliphatic carbocycles. The molecule has 0 spiro atoms. The van der Waals surface area contributed by atoms with E-state index in [-0.39, 0.29) is 42.3 Å². The maximum Gasteiger partial charge on any atom is 0.332 e. The van der Waals surface area contributed by atoms with Gasteiger partial charge in [-0.15, -0.1) is 0 Å². The molecule has 11 nitrogen and oxygen atoms in total. The number of imidazole rings is 1. The molecule has 11 heteroatoms. The Bertz CT molecular complexity index is 1250. The Morgan fingerprint density at radius 1 is 1.00 bits per heavy atom. The van der Waals surface area contributed by atoms with E-state index >= 15 is 0 Å². The smallest absolute Gasteiger partial charge is 0.332 e. The van der Waals surface area contributed by atoms with E-state index in [0.29, 0.717) is 11.3 Å². The van der Waals surface area contributed by atoms with Crippen LogP contribution in [0.1, 0.15) is 11.3 Å². The van der Waals surface area contributed by atoms with Crippen LogP contribution in [0.2, 0.25) is 0 Å². The molecule has 3 aromatic heterocycles. The van der Waals surface area contributed by atoms with Gasteiger partial charge in [0.15, 0.2) is 11.2 Å². The highest BCUT2D eigenvalue weighted by atomic mass is 16.2. The average molecular weight is 387 g/mol. The van der Waals surface area contributed by atoms with E-state index in [2.05, 4.69) is 15.3 Å². The van der Waals surface area contributed by atoms with E-state index < -0.39 is 11.2 Å². The molecule has 3 aromatic rings. The van der Waals surface area contributed by atoms with Crippen LogP contribution in [0.5, 0.6) is 0 Å². The second-order valence-electron chi connectivity index (χ2n) is 6.55. The first-order chi connectivity index (χ1) is 13.2. The molecule has 1 amide bonds. The molecule has 0 fully saturated rings. The number of nitrogens with zero attached hydrogens (tertiary/aromatic N) is 6. The predicted molar refractivity (Wildman–Crippen MR) is 101 cm³/mol. The Hall–Kier alpha value is -3.50. The van der Waals surface area contributed by atoms with Crippen LogP contribution >= 0.6 is 0 Å². The van der Waals surface area contributed by atoms with Crippen molar-refractivity contribution in [1.29, 1.82) is 0 Å². The molecular formula is C17H21N7O4. The summed E-state index contributed by atoms with van der Waals surface area (Å²) in [7, 11) is 2.88. The molecule has 0 bridgehead atoms. The Labute approximate surface area is 158 Å². The highest BCUT2D eigenvalue weighted by Gasteiger charge is 2.15. The normalized spacial score (nSPS) is 11.1. The zero-order chi connectivity index (χ0) is 20.6. The number of fused-ring (bicyclic) bond motifs is 1. The Kier molecular flexibility index (Phi) is 4.99. The van der Waals surface area contributed by atoms with Gasteiger partial charge < -0.3 is 9.88 Å². The summed E-state index contributed by atoms with van der Waals surface area (Å²) in [5, 5.41) is 2.70. The standard InChI is InChI=1S/C17H21N7O4/c1-10-11(2)19-8-23(15(10)26)6-5-18-12(25)7-24-9-20-14-13(24)16(27)22(4)17(28)21(14)3/h8-9H,5-7H2,1-4H3,(H,18,25). The molecule has 1 N–H and O–H groups in total.